The van der Waals surface area contributed by atoms with Gasteiger partial charge in [0, 0.05) is 29.8 Å². The van der Waals surface area contributed by atoms with Gasteiger partial charge in [0.2, 0.25) is 5.78 Å². The molecule has 0 spiro atoms. The maximum absolute atomic E-state index is 11.8. The molecular formula is C20H16ClN3O3S. The van der Waals surface area contributed by atoms with Crippen LogP contribution >= 0.6 is 11.6 Å². The predicted molar refractivity (Wildman–Crippen MR) is 109 cm³/mol. The van der Waals surface area contributed by atoms with Gasteiger partial charge in [-0.2, -0.15) is 0 Å². The second-order valence-corrected chi connectivity index (χ2v) is 8.67. The fourth-order valence-electron chi connectivity index (χ4n) is 3.04. The summed E-state index contributed by atoms with van der Waals surface area (Å²) in [6.45, 7) is 0. The Labute approximate surface area is 167 Å². The van der Waals surface area contributed by atoms with Crippen LogP contribution in [0.1, 0.15) is 0 Å². The molecule has 0 fully saturated rings. The highest BCUT2D eigenvalue weighted by Crippen LogP contribution is 2.36. The van der Waals surface area contributed by atoms with E-state index in [0.29, 0.717) is 22.2 Å². The summed E-state index contributed by atoms with van der Waals surface area (Å²) in [5.41, 5.74) is 3.10. The van der Waals surface area contributed by atoms with Gasteiger partial charge < -0.3 is 4.74 Å². The number of halogens is 1. The Morgan fingerprint density at radius 1 is 1.07 bits per heavy atom. The van der Waals surface area contributed by atoms with Crippen LogP contribution in [0.15, 0.2) is 65.8 Å². The SMILES string of the molecule is COc1ccc(-c2c(-c3ccc(S(C)(=O)=O)cc3)nc3ncccn23)cc1Cl. The van der Waals surface area contributed by atoms with Crippen molar-refractivity contribution in [2.24, 2.45) is 0 Å². The summed E-state index contributed by atoms with van der Waals surface area (Å²) in [6, 6.07) is 14.0. The van der Waals surface area contributed by atoms with Crippen LogP contribution in [0, 0.1) is 0 Å². The fourth-order valence-corrected chi connectivity index (χ4v) is 3.93. The highest BCUT2D eigenvalue weighted by Gasteiger charge is 2.18. The lowest BCUT2D eigenvalue weighted by molar-refractivity contribution is 0.415. The number of ether oxygens (including phenoxy) is 1. The molecule has 0 aliphatic carbocycles. The van der Waals surface area contributed by atoms with Gasteiger partial charge in [0.1, 0.15) is 5.75 Å². The summed E-state index contributed by atoms with van der Waals surface area (Å²) in [6.07, 6.45) is 4.72. The zero-order valence-corrected chi connectivity index (χ0v) is 16.7. The summed E-state index contributed by atoms with van der Waals surface area (Å²) in [7, 11) is -1.71. The van der Waals surface area contributed by atoms with Crippen molar-refractivity contribution in [3.63, 3.8) is 0 Å². The van der Waals surface area contributed by atoms with E-state index in [1.54, 1.807) is 43.6 Å². The van der Waals surface area contributed by atoms with Gasteiger partial charge in [0.25, 0.3) is 0 Å². The lowest BCUT2D eigenvalue weighted by atomic mass is 10.0. The molecule has 0 saturated heterocycles. The third-order valence-electron chi connectivity index (χ3n) is 4.38. The van der Waals surface area contributed by atoms with Crippen LogP contribution in [0.4, 0.5) is 0 Å². The molecule has 0 saturated carbocycles. The molecule has 2 aromatic carbocycles. The normalized spacial score (nSPS) is 11.7. The molecule has 2 heterocycles. The van der Waals surface area contributed by atoms with E-state index >= 15 is 0 Å². The number of hydrogen-bond acceptors (Lipinski definition) is 5. The van der Waals surface area contributed by atoms with Gasteiger partial charge in [0.15, 0.2) is 9.84 Å². The van der Waals surface area contributed by atoms with E-state index in [2.05, 4.69) is 9.97 Å². The first-order chi connectivity index (χ1) is 13.4. The summed E-state index contributed by atoms with van der Waals surface area (Å²) in [5.74, 6) is 1.11. The Morgan fingerprint density at radius 2 is 1.79 bits per heavy atom. The highest BCUT2D eigenvalue weighted by molar-refractivity contribution is 7.90. The average molecular weight is 414 g/mol. The van der Waals surface area contributed by atoms with Gasteiger partial charge in [-0.1, -0.05) is 23.7 Å². The largest absolute Gasteiger partial charge is 0.495 e. The molecule has 142 valence electrons. The van der Waals surface area contributed by atoms with E-state index in [1.807, 2.05) is 28.8 Å². The molecule has 28 heavy (non-hydrogen) atoms. The number of sulfone groups is 1. The molecule has 0 amide bonds. The smallest absolute Gasteiger partial charge is 0.234 e. The first-order valence-corrected chi connectivity index (χ1v) is 10.6. The van der Waals surface area contributed by atoms with E-state index in [0.717, 1.165) is 16.8 Å². The van der Waals surface area contributed by atoms with Gasteiger partial charge >= 0.3 is 0 Å². The van der Waals surface area contributed by atoms with Crippen molar-refractivity contribution in [3.8, 4) is 28.3 Å². The molecule has 0 unspecified atom stereocenters. The highest BCUT2D eigenvalue weighted by atomic mass is 35.5. The molecule has 6 nitrogen and oxygen atoms in total. The third-order valence-corrected chi connectivity index (χ3v) is 5.81. The third kappa shape index (κ3) is 3.23. The van der Waals surface area contributed by atoms with Crippen molar-refractivity contribution < 1.29 is 13.2 Å². The molecule has 0 aliphatic heterocycles. The topological polar surface area (TPSA) is 73.6 Å². The Balaban J connectivity index is 1.95. The van der Waals surface area contributed by atoms with Gasteiger partial charge in [-0.15, -0.1) is 0 Å². The van der Waals surface area contributed by atoms with Crippen LogP contribution in [0.3, 0.4) is 0 Å². The minimum Gasteiger partial charge on any atom is -0.495 e. The zero-order chi connectivity index (χ0) is 19.9. The van der Waals surface area contributed by atoms with Crippen molar-refractivity contribution in [3.05, 3.63) is 65.9 Å². The summed E-state index contributed by atoms with van der Waals surface area (Å²) in [5, 5.41) is 0.484. The van der Waals surface area contributed by atoms with Crippen LogP contribution in [0.2, 0.25) is 5.02 Å². The standard InChI is InChI=1S/C20H16ClN3O3S/c1-27-17-9-6-14(12-16(17)21)19-18(23-20-22-10-3-11-24(19)20)13-4-7-15(8-5-13)28(2,25)26/h3-12H,1-2H3. The van der Waals surface area contributed by atoms with Gasteiger partial charge in [-0.3, -0.25) is 4.40 Å². The Bertz CT molecular complexity index is 1280. The minimum atomic E-state index is -3.27. The molecule has 0 N–H and O–H groups in total. The van der Waals surface area contributed by atoms with E-state index in [-0.39, 0.29) is 4.90 Å². The van der Waals surface area contributed by atoms with Gasteiger partial charge in [-0.05, 0) is 36.4 Å². The molecule has 0 aliphatic rings. The van der Waals surface area contributed by atoms with E-state index in [4.69, 9.17) is 16.3 Å². The van der Waals surface area contributed by atoms with Crippen LogP contribution in [-0.4, -0.2) is 36.2 Å². The van der Waals surface area contributed by atoms with E-state index < -0.39 is 9.84 Å². The molecule has 2 aromatic heterocycles. The number of benzene rings is 2. The van der Waals surface area contributed by atoms with Crippen LogP contribution < -0.4 is 4.74 Å². The van der Waals surface area contributed by atoms with Crippen molar-refractivity contribution in [2.75, 3.05) is 13.4 Å². The summed E-state index contributed by atoms with van der Waals surface area (Å²) >= 11 is 6.33. The lowest BCUT2D eigenvalue weighted by Crippen LogP contribution is -1.96. The molecule has 4 rings (SSSR count). The van der Waals surface area contributed by atoms with E-state index in [1.165, 1.54) is 6.26 Å². The average Bonchev–Trinajstić information content (AvgIpc) is 3.07. The van der Waals surface area contributed by atoms with Crippen molar-refractivity contribution in [2.45, 2.75) is 4.90 Å². The van der Waals surface area contributed by atoms with E-state index in [9.17, 15) is 8.42 Å². The maximum atomic E-state index is 11.8. The van der Waals surface area contributed by atoms with Crippen molar-refractivity contribution in [1.82, 2.24) is 14.4 Å². The molecule has 0 atom stereocenters. The number of imidazole rings is 1. The number of nitrogens with zero attached hydrogens (tertiary/aromatic N) is 3. The number of fused-ring (bicyclic) bond motifs is 1. The zero-order valence-electron chi connectivity index (χ0n) is 15.1. The molecular weight excluding hydrogens is 398 g/mol. The lowest BCUT2D eigenvalue weighted by Gasteiger charge is -2.09. The monoisotopic (exact) mass is 413 g/mol. The van der Waals surface area contributed by atoms with Crippen molar-refractivity contribution >= 4 is 27.2 Å². The first-order valence-electron chi connectivity index (χ1n) is 8.36. The Hall–Kier alpha value is -2.90. The number of rotatable bonds is 4. The summed E-state index contributed by atoms with van der Waals surface area (Å²) < 4.78 is 30.6. The maximum Gasteiger partial charge on any atom is 0.234 e. The molecule has 4 aromatic rings. The summed E-state index contributed by atoms with van der Waals surface area (Å²) in [4.78, 5) is 9.23. The predicted octanol–water partition coefficient (Wildman–Crippen LogP) is 4.13. The Morgan fingerprint density at radius 3 is 2.43 bits per heavy atom. The fraction of sp³-hybridized carbons (Fsp3) is 0.100. The van der Waals surface area contributed by atoms with Crippen LogP contribution in [0.25, 0.3) is 28.3 Å². The number of hydrogen-bond donors (Lipinski definition) is 0. The second kappa shape index (κ2) is 6.92. The van der Waals surface area contributed by atoms with Crippen molar-refractivity contribution in [1.29, 1.82) is 0 Å². The number of methoxy groups -OCH3 is 1. The van der Waals surface area contributed by atoms with Crippen LogP contribution in [-0.2, 0) is 9.84 Å². The molecule has 8 heteroatoms. The first kappa shape index (κ1) is 18.5. The quantitative estimate of drug-likeness (QED) is 0.503. The minimum absolute atomic E-state index is 0.257. The van der Waals surface area contributed by atoms with Gasteiger partial charge in [0.05, 0.1) is 28.4 Å². The second-order valence-electron chi connectivity index (χ2n) is 6.24. The molecule has 0 radical (unpaired) electrons. The van der Waals surface area contributed by atoms with Crippen LogP contribution in [0.5, 0.6) is 5.75 Å². The molecule has 0 bridgehead atoms. The number of aromatic nitrogens is 3. The Kier molecular flexibility index (Phi) is 4.56. The van der Waals surface area contributed by atoms with Gasteiger partial charge in [-0.25, -0.2) is 18.4 Å².